The average molecular weight is 204 g/mol. The van der Waals surface area contributed by atoms with Crippen LogP contribution in [0.3, 0.4) is 0 Å². The monoisotopic (exact) mass is 204 g/mol. The number of hydrogen-bond acceptors (Lipinski definition) is 1. The molecule has 1 heteroatoms. The van der Waals surface area contributed by atoms with E-state index in [-0.39, 0.29) is 6.10 Å². The lowest BCUT2D eigenvalue weighted by Crippen LogP contribution is -2.20. The van der Waals surface area contributed by atoms with Gasteiger partial charge in [-0.3, -0.25) is 0 Å². The molecule has 15 heavy (non-hydrogen) atoms. The quantitative estimate of drug-likeness (QED) is 0.640. The fourth-order valence-electron chi connectivity index (χ4n) is 3.52. The van der Waals surface area contributed by atoms with Crippen LogP contribution in [0.4, 0.5) is 0 Å². The zero-order valence-electron chi connectivity index (χ0n) is 9.39. The number of fused-ring (bicyclic) bond motifs is 1. The smallest absolute Gasteiger partial charge is 0.0580 e. The molecular weight excluding hydrogens is 184 g/mol. The second-order valence-electron chi connectivity index (χ2n) is 5.27. The van der Waals surface area contributed by atoms with Gasteiger partial charge in [0, 0.05) is 0 Å². The van der Waals surface area contributed by atoms with Crippen LogP contribution < -0.4 is 0 Å². The van der Waals surface area contributed by atoms with Crippen LogP contribution in [0, 0.1) is 0 Å². The van der Waals surface area contributed by atoms with Gasteiger partial charge < -0.3 is 5.11 Å². The van der Waals surface area contributed by atoms with Crippen molar-refractivity contribution in [3.63, 3.8) is 0 Å². The molecule has 0 aliphatic heterocycles. The summed E-state index contributed by atoms with van der Waals surface area (Å²) in [5, 5.41) is 9.69. The maximum atomic E-state index is 9.69. The lowest BCUT2D eigenvalue weighted by atomic mass is 9.73. The molecule has 0 aromatic rings. The molecule has 3 aliphatic rings. The van der Waals surface area contributed by atoms with Crippen LogP contribution in [0.25, 0.3) is 0 Å². The van der Waals surface area contributed by atoms with Crippen molar-refractivity contribution in [1.29, 1.82) is 0 Å². The molecule has 82 valence electrons. The Morgan fingerprint density at radius 3 is 2.47 bits per heavy atom. The molecule has 0 radical (unpaired) electrons. The molecule has 1 nitrogen and oxygen atoms in total. The Kier molecular flexibility index (Phi) is 2.44. The van der Waals surface area contributed by atoms with E-state index < -0.39 is 0 Å². The zero-order valence-corrected chi connectivity index (χ0v) is 9.39. The first-order valence-electron chi connectivity index (χ1n) is 6.45. The molecule has 1 N–H and O–H groups in total. The second kappa shape index (κ2) is 3.79. The molecule has 0 heterocycles. The number of allylic oxidation sites excluding steroid dienone is 3. The van der Waals surface area contributed by atoms with Crippen molar-refractivity contribution in [3.05, 3.63) is 22.3 Å². The summed E-state index contributed by atoms with van der Waals surface area (Å²) in [4.78, 5) is 0. The van der Waals surface area contributed by atoms with Crippen LogP contribution in [-0.2, 0) is 0 Å². The number of aliphatic hydroxyl groups excluding tert-OH is 1. The van der Waals surface area contributed by atoms with Gasteiger partial charge in [-0.05, 0) is 68.9 Å². The van der Waals surface area contributed by atoms with E-state index in [2.05, 4.69) is 0 Å². The van der Waals surface area contributed by atoms with E-state index in [0.29, 0.717) is 0 Å². The molecule has 0 fully saturated rings. The first kappa shape index (κ1) is 9.65. The zero-order chi connectivity index (χ0) is 10.3. The van der Waals surface area contributed by atoms with Crippen LogP contribution in [-0.4, -0.2) is 11.2 Å². The molecule has 1 unspecified atom stereocenters. The van der Waals surface area contributed by atoms with Gasteiger partial charge in [0.2, 0.25) is 0 Å². The molecule has 1 atom stereocenters. The maximum Gasteiger partial charge on any atom is 0.0580 e. The standard InChI is InChI=1S/C14H20O/c15-12-7-8-14-11(9-12)6-5-10-3-1-2-4-13(10)14/h12,15H,1-9H2. The Hall–Kier alpha value is -0.560. The van der Waals surface area contributed by atoms with Gasteiger partial charge >= 0.3 is 0 Å². The predicted octanol–water partition coefficient (Wildman–Crippen LogP) is 3.49. The van der Waals surface area contributed by atoms with Gasteiger partial charge in [0.05, 0.1) is 6.10 Å². The third-order valence-corrected chi connectivity index (χ3v) is 4.31. The van der Waals surface area contributed by atoms with Crippen LogP contribution in [0.5, 0.6) is 0 Å². The molecule has 3 rings (SSSR count). The Balaban J connectivity index is 1.95. The Labute approximate surface area is 91.9 Å². The van der Waals surface area contributed by atoms with Crippen molar-refractivity contribution in [3.8, 4) is 0 Å². The summed E-state index contributed by atoms with van der Waals surface area (Å²) in [5.41, 5.74) is 6.74. The largest absolute Gasteiger partial charge is 0.393 e. The summed E-state index contributed by atoms with van der Waals surface area (Å²) in [5.74, 6) is 0. The number of rotatable bonds is 0. The highest BCUT2D eigenvalue weighted by atomic mass is 16.3. The van der Waals surface area contributed by atoms with Crippen molar-refractivity contribution in [2.24, 2.45) is 0 Å². The molecule has 3 aliphatic carbocycles. The number of aliphatic hydroxyl groups is 1. The minimum atomic E-state index is -0.0468. The van der Waals surface area contributed by atoms with E-state index in [9.17, 15) is 5.11 Å². The number of hydrogen-bond donors (Lipinski definition) is 1. The third-order valence-electron chi connectivity index (χ3n) is 4.31. The predicted molar refractivity (Wildman–Crippen MR) is 61.6 cm³/mol. The summed E-state index contributed by atoms with van der Waals surface area (Å²) >= 11 is 0. The Morgan fingerprint density at radius 1 is 0.800 bits per heavy atom. The van der Waals surface area contributed by atoms with Crippen LogP contribution in [0.1, 0.15) is 57.8 Å². The van der Waals surface area contributed by atoms with Crippen LogP contribution >= 0.6 is 0 Å². The lowest BCUT2D eigenvalue weighted by Gasteiger charge is -2.34. The van der Waals surface area contributed by atoms with Crippen molar-refractivity contribution in [1.82, 2.24) is 0 Å². The molecule has 0 aromatic carbocycles. The van der Waals surface area contributed by atoms with Crippen molar-refractivity contribution < 1.29 is 5.11 Å². The Morgan fingerprint density at radius 2 is 1.53 bits per heavy atom. The summed E-state index contributed by atoms with van der Waals surface area (Å²) in [6.07, 6.45) is 11.1. The molecule has 0 spiro atoms. The van der Waals surface area contributed by atoms with Gasteiger partial charge in [0.1, 0.15) is 0 Å². The highest BCUT2D eigenvalue weighted by molar-refractivity contribution is 5.44. The summed E-state index contributed by atoms with van der Waals surface area (Å²) in [6.45, 7) is 0. The summed E-state index contributed by atoms with van der Waals surface area (Å²) in [7, 11) is 0. The topological polar surface area (TPSA) is 20.2 Å². The van der Waals surface area contributed by atoms with E-state index in [1.807, 2.05) is 0 Å². The minimum Gasteiger partial charge on any atom is -0.393 e. The molecular formula is C14H20O. The van der Waals surface area contributed by atoms with E-state index >= 15 is 0 Å². The molecule has 0 bridgehead atoms. The van der Waals surface area contributed by atoms with Crippen LogP contribution in [0.2, 0.25) is 0 Å². The molecule has 0 amide bonds. The summed E-state index contributed by atoms with van der Waals surface area (Å²) < 4.78 is 0. The van der Waals surface area contributed by atoms with Crippen molar-refractivity contribution in [2.45, 2.75) is 63.9 Å². The SMILES string of the molecule is OC1CCC2=C(CCC3=C2CCCC3)C1. The fraction of sp³-hybridized carbons (Fsp3) is 0.714. The van der Waals surface area contributed by atoms with E-state index in [0.717, 1.165) is 19.3 Å². The van der Waals surface area contributed by atoms with Gasteiger partial charge in [-0.25, -0.2) is 0 Å². The molecule has 0 saturated carbocycles. The Bertz CT molecular complexity index is 335. The van der Waals surface area contributed by atoms with Crippen molar-refractivity contribution >= 4 is 0 Å². The van der Waals surface area contributed by atoms with E-state index in [1.165, 1.54) is 38.5 Å². The van der Waals surface area contributed by atoms with Gasteiger partial charge in [0.15, 0.2) is 0 Å². The van der Waals surface area contributed by atoms with Crippen LogP contribution in [0.15, 0.2) is 22.3 Å². The van der Waals surface area contributed by atoms with Gasteiger partial charge in [0.25, 0.3) is 0 Å². The molecule has 0 aromatic heterocycles. The van der Waals surface area contributed by atoms with E-state index in [4.69, 9.17) is 0 Å². The van der Waals surface area contributed by atoms with Crippen molar-refractivity contribution in [2.75, 3.05) is 0 Å². The normalized spacial score (nSPS) is 31.4. The minimum absolute atomic E-state index is 0.0468. The lowest BCUT2D eigenvalue weighted by molar-refractivity contribution is 0.156. The second-order valence-corrected chi connectivity index (χ2v) is 5.27. The summed E-state index contributed by atoms with van der Waals surface area (Å²) in [6, 6.07) is 0. The highest BCUT2D eigenvalue weighted by Gasteiger charge is 2.27. The third kappa shape index (κ3) is 1.67. The first-order chi connectivity index (χ1) is 7.34. The van der Waals surface area contributed by atoms with E-state index in [1.54, 1.807) is 22.3 Å². The average Bonchev–Trinajstić information content (AvgIpc) is 2.28. The molecule has 0 saturated heterocycles. The van der Waals surface area contributed by atoms with Gasteiger partial charge in [-0.2, -0.15) is 0 Å². The maximum absolute atomic E-state index is 9.69. The fourth-order valence-corrected chi connectivity index (χ4v) is 3.52. The first-order valence-corrected chi connectivity index (χ1v) is 6.45. The highest BCUT2D eigenvalue weighted by Crippen LogP contribution is 2.44. The van der Waals surface area contributed by atoms with Gasteiger partial charge in [-0.15, -0.1) is 0 Å². The van der Waals surface area contributed by atoms with Gasteiger partial charge in [-0.1, -0.05) is 11.1 Å².